The number of methoxy groups -OCH3 is 1. The summed E-state index contributed by atoms with van der Waals surface area (Å²) in [6.45, 7) is 2.85. The average molecular weight is 499 g/mol. The fourth-order valence-electron chi connectivity index (χ4n) is 5.27. The molecule has 0 aromatic heterocycles. The van der Waals surface area contributed by atoms with Crippen molar-refractivity contribution in [3.05, 3.63) is 173 Å². The van der Waals surface area contributed by atoms with E-state index >= 15 is 0 Å². The van der Waals surface area contributed by atoms with Gasteiger partial charge in [0.25, 0.3) is 0 Å². The van der Waals surface area contributed by atoms with Crippen molar-refractivity contribution in [2.45, 2.75) is 24.7 Å². The van der Waals surface area contributed by atoms with E-state index in [1.54, 1.807) is 7.11 Å². The molecule has 0 aliphatic rings. The number of rotatable bonds is 10. The van der Waals surface area contributed by atoms with Crippen LogP contribution in [-0.2, 0) is 17.7 Å². The first-order valence-electron chi connectivity index (χ1n) is 13.0. The fourth-order valence-corrected chi connectivity index (χ4v) is 5.27. The highest BCUT2D eigenvalue weighted by atomic mass is 16.5. The summed E-state index contributed by atoms with van der Waals surface area (Å²) < 4.78 is 5.66. The predicted molar refractivity (Wildman–Crippen MR) is 156 cm³/mol. The Morgan fingerprint density at radius 2 is 0.921 bits per heavy atom. The first kappa shape index (κ1) is 25.5. The van der Waals surface area contributed by atoms with E-state index in [9.17, 15) is 0 Å². The van der Waals surface area contributed by atoms with Gasteiger partial charge in [-0.2, -0.15) is 0 Å². The van der Waals surface area contributed by atoms with Crippen LogP contribution < -0.4 is 15.4 Å². The van der Waals surface area contributed by atoms with Gasteiger partial charge in [0, 0.05) is 12.1 Å². The van der Waals surface area contributed by atoms with Crippen molar-refractivity contribution in [3.8, 4) is 5.75 Å². The second kappa shape index (κ2) is 11.5. The third-order valence-electron chi connectivity index (χ3n) is 7.23. The minimum absolute atomic E-state index is 0.621. The Hall–Kier alpha value is -4.18. The van der Waals surface area contributed by atoms with Gasteiger partial charge >= 0.3 is 0 Å². The molecule has 1 unspecified atom stereocenters. The highest BCUT2D eigenvalue weighted by molar-refractivity contribution is 5.50. The van der Waals surface area contributed by atoms with Gasteiger partial charge in [-0.3, -0.25) is 10.6 Å². The van der Waals surface area contributed by atoms with Crippen molar-refractivity contribution in [2.75, 3.05) is 7.11 Å². The van der Waals surface area contributed by atoms with E-state index in [0.29, 0.717) is 6.54 Å². The number of nitrogens with one attached hydrogen (secondary N) is 2. The lowest BCUT2D eigenvalue weighted by molar-refractivity contribution is 0.226. The molecule has 3 heteroatoms. The van der Waals surface area contributed by atoms with Crippen molar-refractivity contribution < 1.29 is 4.74 Å². The van der Waals surface area contributed by atoms with Crippen LogP contribution in [0.25, 0.3) is 0 Å². The van der Waals surface area contributed by atoms with Gasteiger partial charge in [-0.15, -0.1) is 0 Å². The quantitative estimate of drug-likeness (QED) is 0.157. The molecule has 0 radical (unpaired) electrons. The standard InChI is InChI=1S/C35H34N2O/c1-34(29-18-7-3-8-19-29,36-27-28-17-15-16-26-33(28)38-2)37-35(30-20-9-4-10-21-30,31-22-11-5-12-23-31)32-24-13-6-14-25-32/h3-26,36-37H,27H2,1-2H3. The molecule has 0 aliphatic carbocycles. The van der Waals surface area contributed by atoms with Gasteiger partial charge in [0.1, 0.15) is 5.75 Å². The maximum Gasteiger partial charge on any atom is 0.123 e. The lowest BCUT2D eigenvalue weighted by Gasteiger charge is -2.46. The van der Waals surface area contributed by atoms with Gasteiger partial charge < -0.3 is 4.74 Å². The molecule has 38 heavy (non-hydrogen) atoms. The Bertz CT molecular complexity index is 1330. The molecule has 190 valence electrons. The Kier molecular flexibility index (Phi) is 7.69. The summed E-state index contributed by atoms with van der Waals surface area (Å²) in [4.78, 5) is 0. The molecule has 0 saturated heterocycles. The Morgan fingerprint density at radius 1 is 0.526 bits per heavy atom. The van der Waals surface area contributed by atoms with E-state index in [1.165, 1.54) is 16.7 Å². The summed E-state index contributed by atoms with van der Waals surface area (Å²) >= 11 is 0. The molecule has 0 aliphatic heterocycles. The van der Waals surface area contributed by atoms with Crippen LogP contribution >= 0.6 is 0 Å². The van der Waals surface area contributed by atoms with Gasteiger partial charge in [0.15, 0.2) is 0 Å². The molecule has 0 fully saturated rings. The number of para-hydroxylation sites is 1. The van der Waals surface area contributed by atoms with Crippen LogP contribution in [0.4, 0.5) is 0 Å². The lowest BCUT2D eigenvalue weighted by Crippen LogP contribution is -2.60. The van der Waals surface area contributed by atoms with Crippen LogP contribution in [0.5, 0.6) is 5.75 Å². The van der Waals surface area contributed by atoms with Gasteiger partial charge in [-0.05, 0) is 35.2 Å². The molecule has 1 atom stereocenters. The van der Waals surface area contributed by atoms with Crippen molar-refractivity contribution in [3.63, 3.8) is 0 Å². The minimum atomic E-state index is -0.637. The molecule has 0 saturated carbocycles. The molecule has 5 aromatic carbocycles. The fraction of sp³-hybridized carbons (Fsp3) is 0.143. The number of hydrogen-bond acceptors (Lipinski definition) is 3. The SMILES string of the molecule is COc1ccccc1CNC(C)(NC(c1ccccc1)(c1ccccc1)c1ccccc1)c1ccccc1. The summed E-state index contributed by atoms with van der Waals surface area (Å²) in [5, 5.41) is 8.04. The molecule has 5 rings (SSSR count). The third kappa shape index (κ3) is 5.12. The van der Waals surface area contributed by atoms with E-state index in [0.717, 1.165) is 16.9 Å². The normalized spacial score (nSPS) is 13.0. The molecule has 0 amide bonds. The lowest BCUT2D eigenvalue weighted by atomic mass is 9.75. The summed E-state index contributed by atoms with van der Waals surface area (Å²) in [6, 6.07) is 50.9. The summed E-state index contributed by atoms with van der Waals surface area (Å²) in [6.07, 6.45) is 0. The molecule has 0 bridgehead atoms. The maximum absolute atomic E-state index is 5.66. The van der Waals surface area contributed by atoms with Crippen LogP contribution in [0.3, 0.4) is 0 Å². The van der Waals surface area contributed by atoms with Crippen molar-refractivity contribution in [1.82, 2.24) is 10.6 Å². The molecule has 3 nitrogen and oxygen atoms in total. The Labute approximate surface area is 226 Å². The van der Waals surface area contributed by atoms with Gasteiger partial charge in [0.05, 0.1) is 18.3 Å². The topological polar surface area (TPSA) is 33.3 Å². The zero-order chi connectivity index (χ0) is 26.3. The second-order valence-corrected chi connectivity index (χ2v) is 9.63. The monoisotopic (exact) mass is 498 g/mol. The van der Waals surface area contributed by atoms with E-state index in [4.69, 9.17) is 4.74 Å². The van der Waals surface area contributed by atoms with Crippen molar-refractivity contribution in [1.29, 1.82) is 0 Å². The number of benzene rings is 5. The average Bonchev–Trinajstić information content (AvgIpc) is 3.01. The highest BCUT2D eigenvalue weighted by Crippen LogP contribution is 2.40. The van der Waals surface area contributed by atoms with Crippen LogP contribution in [0, 0.1) is 0 Å². The molecule has 5 aromatic rings. The van der Waals surface area contributed by atoms with E-state index in [-0.39, 0.29) is 0 Å². The highest BCUT2D eigenvalue weighted by Gasteiger charge is 2.42. The molecular weight excluding hydrogens is 464 g/mol. The van der Waals surface area contributed by atoms with Crippen molar-refractivity contribution in [2.24, 2.45) is 0 Å². The van der Waals surface area contributed by atoms with Crippen LogP contribution in [0.1, 0.15) is 34.7 Å². The van der Waals surface area contributed by atoms with E-state index in [2.05, 4.69) is 151 Å². The first-order chi connectivity index (χ1) is 18.7. The smallest absolute Gasteiger partial charge is 0.123 e. The van der Waals surface area contributed by atoms with Gasteiger partial charge in [-0.1, -0.05) is 140 Å². The largest absolute Gasteiger partial charge is 0.496 e. The minimum Gasteiger partial charge on any atom is -0.496 e. The molecule has 0 heterocycles. The summed E-state index contributed by atoms with van der Waals surface area (Å²) in [5.74, 6) is 0.871. The van der Waals surface area contributed by atoms with E-state index in [1.807, 2.05) is 12.1 Å². The number of hydrogen-bond donors (Lipinski definition) is 2. The zero-order valence-electron chi connectivity index (χ0n) is 22.0. The van der Waals surface area contributed by atoms with Crippen LogP contribution in [-0.4, -0.2) is 7.11 Å². The first-order valence-corrected chi connectivity index (χ1v) is 13.0. The van der Waals surface area contributed by atoms with Crippen molar-refractivity contribution >= 4 is 0 Å². The molecule has 2 N–H and O–H groups in total. The molecular formula is C35H34N2O. The Balaban J connectivity index is 1.70. The summed E-state index contributed by atoms with van der Waals surface area (Å²) in [7, 11) is 1.72. The number of ether oxygens (including phenoxy) is 1. The van der Waals surface area contributed by atoms with Crippen LogP contribution in [0.2, 0.25) is 0 Å². The zero-order valence-corrected chi connectivity index (χ0v) is 22.0. The third-order valence-corrected chi connectivity index (χ3v) is 7.23. The van der Waals surface area contributed by atoms with Crippen LogP contribution in [0.15, 0.2) is 146 Å². The second-order valence-electron chi connectivity index (χ2n) is 9.63. The predicted octanol–water partition coefficient (Wildman–Crippen LogP) is 7.24. The summed E-state index contributed by atoms with van der Waals surface area (Å²) in [5.41, 5.74) is 4.48. The van der Waals surface area contributed by atoms with Gasteiger partial charge in [0.2, 0.25) is 0 Å². The van der Waals surface area contributed by atoms with Gasteiger partial charge in [-0.25, -0.2) is 0 Å². The molecule has 0 spiro atoms. The van der Waals surface area contributed by atoms with E-state index < -0.39 is 11.2 Å². The maximum atomic E-state index is 5.66. The Morgan fingerprint density at radius 3 is 1.37 bits per heavy atom.